The number of aromatic nitrogens is 1. The van der Waals surface area contributed by atoms with Gasteiger partial charge in [-0.1, -0.05) is 11.6 Å². The highest BCUT2D eigenvalue weighted by Gasteiger charge is 2.32. The zero-order valence-electron chi connectivity index (χ0n) is 13.9. The number of benzene rings is 1. The Morgan fingerprint density at radius 3 is 2.67 bits per heavy atom. The van der Waals surface area contributed by atoms with Crippen molar-refractivity contribution in [2.24, 2.45) is 0 Å². The average Bonchev–Trinajstić information content (AvgIpc) is 2.61. The molecule has 1 aromatic carbocycles. The summed E-state index contributed by atoms with van der Waals surface area (Å²) in [4.78, 5) is 18.3. The lowest BCUT2D eigenvalue weighted by molar-refractivity contribution is -0.0329. The SMILES string of the molecule is O=C(Nc1ccc(N2CCSCC2)c(Cl)c1)c1cccnc1SC(F)(F)F. The number of carbonyl (C=O) groups is 1. The largest absolute Gasteiger partial charge is 0.447 e. The van der Waals surface area contributed by atoms with Crippen LogP contribution in [-0.4, -0.2) is 41.0 Å². The number of thioether (sulfide) groups is 2. The number of hydrogen-bond acceptors (Lipinski definition) is 5. The zero-order chi connectivity index (χ0) is 19.4. The Hall–Kier alpha value is -1.58. The van der Waals surface area contributed by atoms with Gasteiger partial charge >= 0.3 is 5.51 Å². The van der Waals surface area contributed by atoms with Crippen molar-refractivity contribution >= 4 is 52.4 Å². The fourth-order valence-corrected chi connectivity index (χ4v) is 4.41. The Labute approximate surface area is 167 Å². The highest BCUT2D eigenvalue weighted by atomic mass is 35.5. The first-order valence-corrected chi connectivity index (χ1v) is 10.3. The second-order valence-corrected chi connectivity index (χ2v) is 8.31. The van der Waals surface area contributed by atoms with Gasteiger partial charge < -0.3 is 10.2 Å². The number of hydrogen-bond donors (Lipinski definition) is 1. The van der Waals surface area contributed by atoms with E-state index in [-0.39, 0.29) is 5.56 Å². The van der Waals surface area contributed by atoms with Gasteiger partial charge in [0.15, 0.2) is 0 Å². The van der Waals surface area contributed by atoms with Crippen LogP contribution in [0.4, 0.5) is 24.5 Å². The van der Waals surface area contributed by atoms with E-state index >= 15 is 0 Å². The molecule has 0 bridgehead atoms. The number of rotatable bonds is 4. The summed E-state index contributed by atoms with van der Waals surface area (Å²) < 4.78 is 38.0. The molecule has 1 aromatic heterocycles. The molecule has 0 atom stereocenters. The van der Waals surface area contributed by atoms with Gasteiger partial charge in [0.05, 0.1) is 16.3 Å². The fraction of sp³-hybridized carbons (Fsp3) is 0.294. The zero-order valence-corrected chi connectivity index (χ0v) is 16.3. The molecule has 2 heterocycles. The lowest BCUT2D eigenvalue weighted by atomic mass is 10.2. The van der Waals surface area contributed by atoms with Crippen LogP contribution in [0, 0.1) is 0 Å². The van der Waals surface area contributed by atoms with Gasteiger partial charge in [0, 0.05) is 48.2 Å². The maximum atomic E-state index is 12.7. The summed E-state index contributed by atoms with van der Waals surface area (Å²) in [5.74, 6) is 1.37. The summed E-state index contributed by atoms with van der Waals surface area (Å²) in [6.45, 7) is 1.79. The van der Waals surface area contributed by atoms with E-state index in [9.17, 15) is 18.0 Å². The average molecular weight is 434 g/mol. The molecule has 1 saturated heterocycles. The van der Waals surface area contributed by atoms with Gasteiger partial charge in [0.25, 0.3) is 5.91 Å². The second-order valence-electron chi connectivity index (χ2n) is 5.62. The van der Waals surface area contributed by atoms with Crippen molar-refractivity contribution in [2.75, 3.05) is 34.8 Å². The summed E-state index contributed by atoms with van der Waals surface area (Å²) in [6, 6.07) is 7.82. The predicted octanol–water partition coefficient (Wildman–Crippen LogP) is 5.15. The van der Waals surface area contributed by atoms with Crippen LogP contribution in [0.15, 0.2) is 41.6 Å². The molecule has 4 nitrogen and oxygen atoms in total. The van der Waals surface area contributed by atoms with Crippen LogP contribution in [-0.2, 0) is 0 Å². The van der Waals surface area contributed by atoms with E-state index in [0.717, 1.165) is 30.3 Å². The molecular formula is C17H15ClF3N3OS2. The van der Waals surface area contributed by atoms with Crippen LogP contribution < -0.4 is 10.2 Å². The van der Waals surface area contributed by atoms with Gasteiger partial charge in [-0.05, 0) is 30.3 Å². The van der Waals surface area contributed by atoms with E-state index in [1.165, 1.54) is 18.3 Å². The van der Waals surface area contributed by atoms with Gasteiger partial charge in [0.1, 0.15) is 5.03 Å². The standard InChI is InChI=1S/C17H15ClF3N3OS2/c18-13-10-11(3-4-14(13)24-6-8-26-9-7-24)23-15(25)12-2-1-5-22-16(12)27-17(19,20)21/h1-5,10H,6-9H2,(H,23,25). The Balaban J connectivity index is 1.76. The minimum atomic E-state index is -4.53. The van der Waals surface area contributed by atoms with Crippen LogP contribution in [0.2, 0.25) is 5.02 Å². The van der Waals surface area contributed by atoms with E-state index in [4.69, 9.17) is 11.6 Å². The molecule has 0 aliphatic carbocycles. The van der Waals surface area contributed by atoms with Gasteiger partial charge in [-0.15, -0.1) is 0 Å². The van der Waals surface area contributed by atoms with Crippen LogP contribution in [0.25, 0.3) is 0 Å². The molecule has 3 rings (SSSR count). The smallest absolute Gasteiger partial charge is 0.369 e. The molecule has 10 heteroatoms. The number of halogens is 4. The molecular weight excluding hydrogens is 419 g/mol. The normalized spacial score (nSPS) is 14.9. The third kappa shape index (κ3) is 5.46. The topological polar surface area (TPSA) is 45.2 Å². The van der Waals surface area contributed by atoms with Gasteiger partial charge in [-0.3, -0.25) is 4.79 Å². The molecule has 1 fully saturated rings. The molecule has 0 unspecified atom stereocenters. The Kier molecular flexibility index (Phi) is 6.44. The summed E-state index contributed by atoms with van der Waals surface area (Å²) >= 11 is 7.81. The van der Waals surface area contributed by atoms with E-state index < -0.39 is 28.2 Å². The third-order valence-corrected chi connectivity index (χ3v) is 5.78. The molecule has 144 valence electrons. The maximum Gasteiger partial charge on any atom is 0.447 e. The van der Waals surface area contributed by atoms with E-state index in [2.05, 4.69) is 15.2 Å². The van der Waals surface area contributed by atoms with Crippen molar-refractivity contribution < 1.29 is 18.0 Å². The van der Waals surface area contributed by atoms with E-state index in [0.29, 0.717) is 10.7 Å². The number of amides is 1. The summed E-state index contributed by atoms with van der Waals surface area (Å²) in [6.07, 6.45) is 1.22. The fourth-order valence-electron chi connectivity index (χ4n) is 2.60. The lowest BCUT2D eigenvalue weighted by Crippen LogP contribution is -2.32. The first-order chi connectivity index (χ1) is 12.8. The minimum absolute atomic E-state index is 0.145. The Bertz CT molecular complexity index is 829. The van der Waals surface area contributed by atoms with Crippen LogP contribution in [0.3, 0.4) is 0 Å². The first-order valence-electron chi connectivity index (χ1n) is 7.98. The molecule has 1 aliphatic rings. The van der Waals surface area contributed by atoms with Gasteiger partial charge in [-0.2, -0.15) is 24.9 Å². The molecule has 0 radical (unpaired) electrons. The number of nitrogens with zero attached hydrogens (tertiary/aromatic N) is 2. The first kappa shape index (κ1) is 20.2. The van der Waals surface area contributed by atoms with Crippen molar-refractivity contribution in [3.63, 3.8) is 0 Å². The number of alkyl halides is 3. The van der Waals surface area contributed by atoms with Gasteiger partial charge in [0.2, 0.25) is 0 Å². The monoisotopic (exact) mass is 433 g/mol. The summed E-state index contributed by atoms with van der Waals surface area (Å²) in [5.41, 5.74) is -3.38. The highest BCUT2D eigenvalue weighted by Crippen LogP contribution is 2.37. The molecule has 1 N–H and O–H groups in total. The minimum Gasteiger partial charge on any atom is -0.369 e. The van der Waals surface area contributed by atoms with Crippen molar-refractivity contribution in [2.45, 2.75) is 10.5 Å². The summed E-state index contributed by atoms with van der Waals surface area (Å²) in [5, 5.41) is 2.68. The van der Waals surface area contributed by atoms with Crippen molar-refractivity contribution in [1.82, 2.24) is 4.98 Å². The third-order valence-electron chi connectivity index (χ3n) is 3.79. The van der Waals surface area contributed by atoms with Crippen LogP contribution in [0.1, 0.15) is 10.4 Å². The number of carbonyl (C=O) groups excluding carboxylic acids is 1. The number of anilines is 2. The van der Waals surface area contributed by atoms with E-state index in [1.54, 1.807) is 12.1 Å². The highest BCUT2D eigenvalue weighted by molar-refractivity contribution is 8.00. The maximum absolute atomic E-state index is 12.7. The second kappa shape index (κ2) is 8.62. The lowest BCUT2D eigenvalue weighted by Gasteiger charge is -2.29. The number of nitrogens with one attached hydrogen (secondary N) is 1. The van der Waals surface area contributed by atoms with Gasteiger partial charge in [-0.25, -0.2) is 4.98 Å². The quantitative estimate of drug-likeness (QED) is 0.675. The van der Waals surface area contributed by atoms with Crippen LogP contribution >= 0.6 is 35.1 Å². The van der Waals surface area contributed by atoms with Crippen molar-refractivity contribution in [3.8, 4) is 0 Å². The molecule has 0 saturated carbocycles. The van der Waals surface area contributed by atoms with Crippen molar-refractivity contribution in [1.29, 1.82) is 0 Å². The molecule has 2 aromatic rings. The van der Waals surface area contributed by atoms with Crippen LogP contribution in [0.5, 0.6) is 0 Å². The molecule has 0 spiro atoms. The molecule has 1 aliphatic heterocycles. The summed E-state index contributed by atoms with van der Waals surface area (Å²) in [7, 11) is 0. The van der Waals surface area contributed by atoms with Crippen molar-refractivity contribution in [3.05, 3.63) is 47.1 Å². The predicted molar refractivity (Wildman–Crippen MR) is 105 cm³/mol. The molecule has 27 heavy (non-hydrogen) atoms. The Morgan fingerprint density at radius 1 is 1.26 bits per heavy atom. The Morgan fingerprint density at radius 2 is 2.00 bits per heavy atom. The van der Waals surface area contributed by atoms with E-state index in [1.807, 2.05) is 17.8 Å². The molecule has 1 amide bonds. The number of pyridine rings is 1.